The fourth-order valence-corrected chi connectivity index (χ4v) is 6.68. The molecule has 5 nitrogen and oxygen atoms in total. The lowest BCUT2D eigenvalue weighted by Gasteiger charge is -2.47. The molecular formula is C13H21N3O2S3. The molecule has 3 heterocycles. The van der Waals surface area contributed by atoms with Gasteiger partial charge in [-0.3, -0.25) is 4.90 Å². The van der Waals surface area contributed by atoms with E-state index in [1.54, 1.807) is 17.8 Å². The van der Waals surface area contributed by atoms with E-state index in [-0.39, 0.29) is 10.3 Å². The molecule has 118 valence electrons. The third-order valence-electron chi connectivity index (χ3n) is 4.34. The molecule has 1 aromatic rings. The van der Waals surface area contributed by atoms with Crippen LogP contribution in [0.2, 0.25) is 0 Å². The number of piperazine rings is 1. The molecule has 21 heavy (non-hydrogen) atoms. The largest absolute Gasteiger partial charge is 0.304 e. The van der Waals surface area contributed by atoms with Crippen molar-refractivity contribution in [2.75, 3.05) is 19.3 Å². The minimum atomic E-state index is -3.61. The first-order chi connectivity index (χ1) is 9.77. The van der Waals surface area contributed by atoms with Crippen LogP contribution in [0.5, 0.6) is 0 Å². The maximum atomic E-state index is 11.6. The summed E-state index contributed by atoms with van der Waals surface area (Å²) in [5.41, 5.74) is 1.10. The van der Waals surface area contributed by atoms with Gasteiger partial charge >= 0.3 is 0 Å². The van der Waals surface area contributed by atoms with Gasteiger partial charge in [0.05, 0.1) is 10.3 Å². The molecule has 0 aliphatic carbocycles. The Morgan fingerprint density at radius 3 is 2.81 bits per heavy atom. The Bertz CT molecular complexity index is 641. The number of sulfonamides is 1. The van der Waals surface area contributed by atoms with Crippen LogP contribution in [0.1, 0.15) is 25.5 Å². The summed E-state index contributed by atoms with van der Waals surface area (Å²) >= 11 is 3.04. The van der Waals surface area contributed by atoms with Crippen molar-refractivity contribution < 1.29 is 8.42 Å². The van der Waals surface area contributed by atoms with Gasteiger partial charge in [-0.15, -0.1) is 23.1 Å². The number of hydrogen-bond donors (Lipinski definition) is 2. The molecule has 2 aliphatic rings. The van der Waals surface area contributed by atoms with Crippen molar-refractivity contribution in [1.82, 2.24) is 10.2 Å². The van der Waals surface area contributed by atoms with Crippen LogP contribution in [0.25, 0.3) is 0 Å². The number of thiophene rings is 1. The van der Waals surface area contributed by atoms with Crippen molar-refractivity contribution in [1.29, 1.82) is 0 Å². The maximum Gasteiger partial charge on any atom is 0.247 e. The van der Waals surface area contributed by atoms with Gasteiger partial charge in [0.15, 0.2) is 0 Å². The van der Waals surface area contributed by atoms with Gasteiger partial charge in [-0.1, -0.05) is 13.8 Å². The Hall–Kier alpha value is -0.120. The van der Waals surface area contributed by atoms with Crippen LogP contribution in [-0.2, 0) is 10.0 Å². The van der Waals surface area contributed by atoms with E-state index in [9.17, 15) is 8.42 Å². The van der Waals surface area contributed by atoms with Crippen LogP contribution < -0.4 is 10.5 Å². The summed E-state index contributed by atoms with van der Waals surface area (Å²) in [6, 6.07) is 2.78. The quantitative estimate of drug-likeness (QED) is 0.847. The highest BCUT2D eigenvalue weighted by Crippen LogP contribution is 2.45. The summed E-state index contributed by atoms with van der Waals surface area (Å²) < 4.78 is 24.6. The summed E-state index contributed by atoms with van der Waals surface area (Å²) in [7, 11) is -1.46. The van der Waals surface area contributed by atoms with Crippen LogP contribution in [0.15, 0.2) is 14.5 Å². The lowest BCUT2D eigenvalue weighted by Crippen LogP contribution is -2.59. The van der Waals surface area contributed by atoms with Gasteiger partial charge in [-0.25, -0.2) is 13.6 Å². The highest BCUT2D eigenvalue weighted by Gasteiger charge is 2.40. The van der Waals surface area contributed by atoms with E-state index in [1.165, 1.54) is 11.3 Å². The normalized spacial score (nSPS) is 30.2. The van der Waals surface area contributed by atoms with Gasteiger partial charge in [-0.2, -0.15) is 0 Å². The number of thioether (sulfide) groups is 1. The van der Waals surface area contributed by atoms with E-state index in [0.717, 1.165) is 22.1 Å². The molecule has 0 radical (unpaired) electrons. The van der Waals surface area contributed by atoms with E-state index in [0.29, 0.717) is 18.0 Å². The molecule has 0 saturated carbocycles. The molecule has 0 unspecified atom stereocenters. The van der Waals surface area contributed by atoms with Crippen molar-refractivity contribution in [3.8, 4) is 0 Å². The number of nitrogens with one attached hydrogen (secondary N) is 1. The van der Waals surface area contributed by atoms with Crippen molar-refractivity contribution >= 4 is 33.1 Å². The molecule has 0 aromatic carbocycles. The SMILES string of the molecule is CC(C)[C@H]1CN(C)[C@@H]2CSc3sc(S(N)(=O)=O)cc3[C@H]2N1. The van der Waals surface area contributed by atoms with Crippen molar-refractivity contribution in [3.05, 3.63) is 11.6 Å². The zero-order valence-corrected chi connectivity index (χ0v) is 14.8. The average Bonchev–Trinajstić information content (AvgIpc) is 2.82. The predicted molar refractivity (Wildman–Crippen MR) is 87.3 cm³/mol. The van der Waals surface area contributed by atoms with Gasteiger partial charge in [0, 0.05) is 24.4 Å². The molecule has 3 atom stereocenters. The first-order valence-electron chi connectivity index (χ1n) is 7.03. The number of rotatable bonds is 2. The van der Waals surface area contributed by atoms with E-state index in [1.807, 2.05) is 0 Å². The zero-order chi connectivity index (χ0) is 15.4. The van der Waals surface area contributed by atoms with E-state index in [4.69, 9.17) is 5.14 Å². The summed E-state index contributed by atoms with van der Waals surface area (Å²) in [5, 5.41) is 9.00. The van der Waals surface area contributed by atoms with E-state index < -0.39 is 10.0 Å². The minimum absolute atomic E-state index is 0.194. The lowest BCUT2D eigenvalue weighted by molar-refractivity contribution is 0.109. The Morgan fingerprint density at radius 1 is 1.48 bits per heavy atom. The minimum Gasteiger partial charge on any atom is -0.304 e. The predicted octanol–water partition coefficient (Wildman–Crippen LogP) is 1.47. The number of likely N-dealkylation sites (N-methyl/N-ethyl adjacent to an activating group) is 1. The molecular weight excluding hydrogens is 326 g/mol. The smallest absolute Gasteiger partial charge is 0.247 e. The second kappa shape index (κ2) is 5.50. The summed E-state index contributed by atoms with van der Waals surface area (Å²) in [6.07, 6.45) is 0. The molecule has 2 aliphatic heterocycles. The summed E-state index contributed by atoms with van der Waals surface area (Å²) in [4.78, 5) is 2.40. The van der Waals surface area contributed by atoms with E-state index >= 15 is 0 Å². The van der Waals surface area contributed by atoms with Crippen molar-refractivity contribution in [3.63, 3.8) is 0 Å². The molecule has 0 bridgehead atoms. The summed E-state index contributed by atoms with van der Waals surface area (Å²) in [5.74, 6) is 1.53. The van der Waals surface area contributed by atoms with Gasteiger partial charge in [0.2, 0.25) is 10.0 Å². The molecule has 1 aromatic heterocycles. The number of nitrogens with two attached hydrogens (primary N) is 1. The topological polar surface area (TPSA) is 75.4 Å². The molecule has 1 saturated heterocycles. The Morgan fingerprint density at radius 2 is 2.19 bits per heavy atom. The van der Waals surface area contributed by atoms with Crippen LogP contribution in [-0.4, -0.2) is 44.7 Å². The Balaban J connectivity index is 1.98. The van der Waals surface area contributed by atoms with Crippen LogP contribution in [0.3, 0.4) is 0 Å². The van der Waals surface area contributed by atoms with Crippen LogP contribution in [0.4, 0.5) is 0 Å². The standard InChI is InChI=1S/C13H21N3O2S3/c1-7(2)9-5-16(3)10-6-19-13-8(12(10)15-9)4-11(20-13)21(14,17)18/h4,7,9-10,12,15H,5-6H2,1-3H3,(H2,14,17,18)/t9-,10-,12-/m1/s1. The fraction of sp³-hybridized carbons (Fsp3) is 0.692. The highest BCUT2D eigenvalue weighted by atomic mass is 32.3. The number of fused-ring (bicyclic) bond motifs is 3. The number of hydrogen-bond acceptors (Lipinski definition) is 6. The second-order valence-corrected chi connectivity index (χ2v) is 10.3. The molecule has 3 rings (SSSR count). The number of primary sulfonamides is 1. The third kappa shape index (κ3) is 2.89. The van der Waals surface area contributed by atoms with Crippen molar-refractivity contribution in [2.24, 2.45) is 11.1 Å². The molecule has 0 spiro atoms. The lowest BCUT2D eigenvalue weighted by atomic mass is 9.92. The average molecular weight is 348 g/mol. The molecule has 1 fully saturated rings. The van der Waals surface area contributed by atoms with Gasteiger partial charge in [0.25, 0.3) is 0 Å². The molecule has 0 amide bonds. The third-order valence-corrected chi connectivity index (χ3v) is 8.31. The monoisotopic (exact) mass is 347 g/mol. The first kappa shape index (κ1) is 15.8. The van der Waals surface area contributed by atoms with Gasteiger partial charge < -0.3 is 5.32 Å². The first-order valence-corrected chi connectivity index (χ1v) is 10.4. The zero-order valence-electron chi connectivity index (χ0n) is 12.4. The molecule has 8 heteroatoms. The fourth-order valence-electron chi connectivity index (χ4n) is 3.01. The summed E-state index contributed by atoms with van der Waals surface area (Å²) in [6.45, 7) is 5.46. The van der Waals surface area contributed by atoms with E-state index in [2.05, 4.69) is 31.1 Å². The van der Waals surface area contributed by atoms with Crippen molar-refractivity contribution in [2.45, 2.75) is 40.4 Å². The van der Waals surface area contributed by atoms with Gasteiger partial charge in [0.1, 0.15) is 4.21 Å². The van der Waals surface area contributed by atoms with Gasteiger partial charge in [-0.05, 0) is 24.6 Å². The maximum absolute atomic E-state index is 11.6. The Labute approximate surface area is 134 Å². The second-order valence-electron chi connectivity index (χ2n) is 6.17. The number of nitrogens with zero attached hydrogens (tertiary/aromatic N) is 1. The van der Waals surface area contributed by atoms with Crippen LogP contribution in [0, 0.1) is 5.92 Å². The molecule has 3 N–H and O–H groups in total. The Kier molecular flexibility index (Phi) is 4.13. The highest BCUT2D eigenvalue weighted by molar-refractivity contribution is 8.01. The van der Waals surface area contributed by atoms with Crippen LogP contribution >= 0.6 is 23.1 Å².